The molecule has 1 fully saturated rings. The number of anilines is 1. The lowest BCUT2D eigenvalue weighted by atomic mass is 10.2. The Bertz CT molecular complexity index is 815. The molecule has 0 saturated carbocycles. The first-order valence-corrected chi connectivity index (χ1v) is 8.48. The molecule has 0 amide bonds. The summed E-state index contributed by atoms with van der Waals surface area (Å²) in [5.41, 5.74) is 3.75. The fourth-order valence-corrected chi connectivity index (χ4v) is 3.67. The maximum atomic E-state index is 5.29. The second kappa shape index (κ2) is 5.86. The highest BCUT2D eigenvalue weighted by Crippen LogP contribution is 2.28. The molecule has 4 heterocycles. The minimum atomic E-state index is 0.467. The lowest BCUT2D eigenvalue weighted by Crippen LogP contribution is -2.34. The summed E-state index contributed by atoms with van der Waals surface area (Å²) >= 11 is 1.55. The number of likely N-dealkylation sites (N-methyl/N-ethyl adjacent to an activating group) is 1. The number of nitrogens with zero attached hydrogens (tertiary/aromatic N) is 6. The molecule has 0 bridgehead atoms. The molecule has 1 atom stereocenters. The number of hydrogen-bond acceptors (Lipinski definition) is 8. The number of thiazole rings is 1. The Morgan fingerprint density at radius 3 is 3.09 bits per heavy atom. The first kappa shape index (κ1) is 14.5. The summed E-state index contributed by atoms with van der Waals surface area (Å²) in [5.74, 6) is 1.84. The molecule has 120 valence electrons. The van der Waals surface area contributed by atoms with Crippen molar-refractivity contribution >= 4 is 27.5 Å². The van der Waals surface area contributed by atoms with E-state index in [1.165, 1.54) is 6.39 Å². The average Bonchev–Trinajstić information content (AvgIpc) is 3.27. The van der Waals surface area contributed by atoms with E-state index in [1.807, 2.05) is 12.4 Å². The van der Waals surface area contributed by atoms with Gasteiger partial charge in [-0.1, -0.05) is 0 Å². The molecule has 8 heteroatoms. The van der Waals surface area contributed by atoms with Crippen LogP contribution in [-0.2, 0) is 6.54 Å². The van der Waals surface area contributed by atoms with Crippen molar-refractivity contribution in [2.75, 3.05) is 25.0 Å². The van der Waals surface area contributed by atoms with E-state index in [-0.39, 0.29) is 0 Å². The Kier molecular flexibility index (Phi) is 3.70. The summed E-state index contributed by atoms with van der Waals surface area (Å²) in [6.07, 6.45) is 4.24. The fourth-order valence-electron chi connectivity index (χ4n) is 3.05. The molecule has 23 heavy (non-hydrogen) atoms. The maximum Gasteiger partial charge on any atom is 0.181 e. The SMILES string of the molecule is Cc1ocnc1CN(C)C1CCN(c2ncnc3scnc23)C1. The van der Waals surface area contributed by atoms with E-state index in [0.717, 1.165) is 53.7 Å². The zero-order valence-corrected chi connectivity index (χ0v) is 14.0. The zero-order chi connectivity index (χ0) is 15.8. The van der Waals surface area contributed by atoms with E-state index in [9.17, 15) is 0 Å². The van der Waals surface area contributed by atoms with Gasteiger partial charge in [-0.2, -0.15) is 0 Å². The number of aromatic nitrogens is 4. The largest absolute Gasteiger partial charge is 0.448 e. The molecule has 3 aromatic heterocycles. The van der Waals surface area contributed by atoms with Crippen molar-refractivity contribution in [3.63, 3.8) is 0 Å². The van der Waals surface area contributed by atoms with Crippen LogP contribution in [0.4, 0.5) is 5.82 Å². The van der Waals surface area contributed by atoms with Crippen LogP contribution in [-0.4, -0.2) is 51.0 Å². The third-order valence-corrected chi connectivity index (χ3v) is 5.18. The van der Waals surface area contributed by atoms with Crippen LogP contribution in [0.2, 0.25) is 0 Å². The van der Waals surface area contributed by atoms with Gasteiger partial charge in [0, 0.05) is 25.7 Å². The van der Waals surface area contributed by atoms with Crippen molar-refractivity contribution in [1.82, 2.24) is 24.8 Å². The van der Waals surface area contributed by atoms with Crippen LogP contribution in [0, 0.1) is 6.92 Å². The highest BCUT2D eigenvalue weighted by Gasteiger charge is 2.28. The molecule has 0 aliphatic carbocycles. The van der Waals surface area contributed by atoms with E-state index < -0.39 is 0 Å². The van der Waals surface area contributed by atoms with Crippen molar-refractivity contribution < 1.29 is 4.42 Å². The lowest BCUT2D eigenvalue weighted by Gasteiger charge is -2.24. The van der Waals surface area contributed by atoms with Gasteiger partial charge in [0.05, 0.1) is 11.2 Å². The molecule has 0 aromatic carbocycles. The van der Waals surface area contributed by atoms with Gasteiger partial charge in [0.2, 0.25) is 0 Å². The number of rotatable bonds is 4. The van der Waals surface area contributed by atoms with Gasteiger partial charge in [-0.15, -0.1) is 11.3 Å². The monoisotopic (exact) mass is 330 g/mol. The van der Waals surface area contributed by atoms with Gasteiger partial charge in [-0.05, 0) is 20.4 Å². The van der Waals surface area contributed by atoms with Crippen LogP contribution in [0.5, 0.6) is 0 Å². The van der Waals surface area contributed by atoms with Gasteiger partial charge in [0.25, 0.3) is 0 Å². The van der Waals surface area contributed by atoms with Crippen LogP contribution in [0.1, 0.15) is 17.9 Å². The van der Waals surface area contributed by atoms with E-state index in [0.29, 0.717) is 6.04 Å². The van der Waals surface area contributed by atoms with E-state index >= 15 is 0 Å². The van der Waals surface area contributed by atoms with Crippen molar-refractivity contribution in [3.8, 4) is 0 Å². The predicted molar refractivity (Wildman–Crippen MR) is 88.5 cm³/mol. The Balaban J connectivity index is 1.48. The Morgan fingerprint density at radius 2 is 2.26 bits per heavy atom. The second-order valence-corrected chi connectivity index (χ2v) is 6.70. The van der Waals surface area contributed by atoms with Crippen molar-refractivity contribution in [1.29, 1.82) is 0 Å². The van der Waals surface area contributed by atoms with Crippen LogP contribution >= 0.6 is 11.3 Å². The number of oxazole rings is 1. The Hall–Kier alpha value is -2.06. The normalized spacial score (nSPS) is 18.4. The minimum absolute atomic E-state index is 0.467. The summed E-state index contributed by atoms with van der Waals surface area (Å²) in [5, 5.41) is 0. The Labute approximate surface area is 138 Å². The molecular weight excluding hydrogens is 312 g/mol. The summed E-state index contributed by atoms with van der Waals surface area (Å²) in [7, 11) is 2.14. The molecule has 0 N–H and O–H groups in total. The minimum Gasteiger partial charge on any atom is -0.448 e. The third kappa shape index (κ3) is 2.68. The molecule has 1 saturated heterocycles. The quantitative estimate of drug-likeness (QED) is 0.725. The highest BCUT2D eigenvalue weighted by atomic mass is 32.1. The number of hydrogen-bond donors (Lipinski definition) is 0. The molecule has 1 aliphatic rings. The summed E-state index contributed by atoms with van der Waals surface area (Å²) in [6, 6.07) is 0.467. The fraction of sp³-hybridized carbons (Fsp3) is 0.467. The summed E-state index contributed by atoms with van der Waals surface area (Å²) in [6.45, 7) is 4.68. The molecule has 3 aromatic rings. The summed E-state index contributed by atoms with van der Waals surface area (Å²) < 4.78 is 5.29. The summed E-state index contributed by atoms with van der Waals surface area (Å²) in [4.78, 5) is 23.0. The number of fused-ring (bicyclic) bond motifs is 1. The van der Waals surface area contributed by atoms with Crippen molar-refractivity contribution in [2.45, 2.75) is 25.9 Å². The Morgan fingerprint density at radius 1 is 1.35 bits per heavy atom. The van der Waals surface area contributed by atoms with Gasteiger partial charge in [0.15, 0.2) is 12.2 Å². The first-order chi connectivity index (χ1) is 11.2. The standard InChI is InChI=1S/C15H18N6OS/c1-10-12(18-8-22-10)6-20(2)11-3-4-21(5-11)14-13-15(17-7-16-14)23-9-19-13/h7-9,11H,3-6H2,1-2H3. The maximum absolute atomic E-state index is 5.29. The van der Waals surface area contributed by atoms with Crippen molar-refractivity contribution in [3.05, 3.63) is 29.7 Å². The topological polar surface area (TPSA) is 71.2 Å². The molecular formula is C15H18N6OS. The smallest absolute Gasteiger partial charge is 0.181 e. The van der Waals surface area contributed by atoms with Gasteiger partial charge in [-0.25, -0.2) is 19.9 Å². The highest BCUT2D eigenvalue weighted by molar-refractivity contribution is 7.16. The molecule has 0 radical (unpaired) electrons. The molecule has 0 spiro atoms. The lowest BCUT2D eigenvalue weighted by molar-refractivity contribution is 0.247. The van der Waals surface area contributed by atoms with Crippen LogP contribution in [0.25, 0.3) is 10.3 Å². The van der Waals surface area contributed by atoms with Crippen molar-refractivity contribution in [2.24, 2.45) is 0 Å². The molecule has 4 rings (SSSR count). The average molecular weight is 330 g/mol. The van der Waals surface area contributed by atoms with Crippen LogP contribution < -0.4 is 4.90 Å². The number of aryl methyl sites for hydroxylation is 1. The predicted octanol–water partition coefficient (Wildman–Crippen LogP) is 2.09. The van der Waals surface area contributed by atoms with E-state index in [2.05, 4.69) is 36.8 Å². The third-order valence-electron chi connectivity index (χ3n) is 4.45. The zero-order valence-electron chi connectivity index (χ0n) is 13.1. The molecule has 1 aliphatic heterocycles. The van der Waals surface area contributed by atoms with E-state index in [1.54, 1.807) is 17.7 Å². The molecule has 7 nitrogen and oxygen atoms in total. The van der Waals surface area contributed by atoms with Gasteiger partial charge in [0.1, 0.15) is 22.4 Å². The molecule has 1 unspecified atom stereocenters. The van der Waals surface area contributed by atoms with Crippen LogP contribution in [0.15, 0.2) is 22.6 Å². The van der Waals surface area contributed by atoms with Gasteiger partial charge >= 0.3 is 0 Å². The van der Waals surface area contributed by atoms with Gasteiger partial charge < -0.3 is 9.32 Å². The van der Waals surface area contributed by atoms with E-state index in [4.69, 9.17) is 4.42 Å². The second-order valence-electron chi connectivity index (χ2n) is 5.86. The van der Waals surface area contributed by atoms with Crippen LogP contribution in [0.3, 0.4) is 0 Å². The van der Waals surface area contributed by atoms with Gasteiger partial charge in [-0.3, -0.25) is 4.90 Å². The first-order valence-electron chi connectivity index (χ1n) is 7.60.